The SMILES string of the molecule is Cc1cc(C)c2cc(C(=O)NCCCN3CCOCC3)[nH]c2c1. The van der Waals surface area contributed by atoms with Crippen LogP contribution in [0.2, 0.25) is 0 Å². The predicted octanol–water partition coefficient (Wildman–Crippen LogP) is 2.24. The molecule has 124 valence electrons. The van der Waals surface area contributed by atoms with Gasteiger partial charge in [-0.2, -0.15) is 0 Å². The van der Waals surface area contributed by atoms with Gasteiger partial charge in [-0.05, 0) is 50.1 Å². The second-order valence-electron chi connectivity index (χ2n) is 6.29. The first-order valence-electron chi connectivity index (χ1n) is 8.32. The number of carbonyl (C=O) groups is 1. The van der Waals surface area contributed by atoms with E-state index in [4.69, 9.17) is 4.74 Å². The minimum absolute atomic E-state index is 0.0276. The normalized spacial score (nSPS) is 15.9. The van der Waals surface area contributed by atoms with Crippen LogP contribution in [-0.2, 0) is 4.74 Å². The molecule has 1 amide bonds. The maximum absolute atomic E-state index is 12.3. The van der Waals surface area contributed by atoms with Crippen LogP contribution in [0.3, 0.4) is 0 Å². The van der Waals surface area contributed by atoms with Gasteiger partial charge in [0.1, 0.15) is 5.69 Å². The molecule has 1 aliphatic rings. The van der Waals surface area contributed by atoms with Crippen LogP contribution >= 0.6 is 0 Å². The van der Waals surface area contributed by atoms with Gasteiger partial charge < -0.3 is 15.0 Å². The number of carbonyl (C=O) groups excluding carboxylic acids is 1. The monoisotopic (exact) mass is 315 g/mol. The van der Waals surface area contributed by atoms with E-state index < -0.39 is 0 Å². The molecule has 1 aromatic carbocycles. The second kappa shape index (κ2) is 7.15. The lowest BCUT2D eigenvalue weighted by Crippen LogP contribution is -2.38. The van der Waals surface area contributed by atoms with Crippen LogP contribution < -0.4 is 5.32 Å². The third-order valence-corrected chi connectivity index (χ3v) is 4.37. The maximum atomic E-state index is 12.3. The molecule has 0 atom stereocenters. The first-order chi connectivity index (χ1) is 11.1. The van der Waals surface area contributed by atoms with Gasteiger partial charge in [0.15, 0.2) is 0 Å². The molecule has 5 heteroatoms. The molecule has 2 N–H and O–H groups in total. The number of nitrogens with zero attached hydrogens (tertiary/aromatic N) is 1. The number of fused-ring (bicyclic) bond motifs is 1. The van der Waals surface area contributed by atoms with E-state index in [-0.39, 0.29) is 5.91 Å². The molecule has 0 bridgehead atoms. The molecule has 2 heterocycles. The molecule has 0 saturated carbocycles. The maximum Gasteiger partial charge on any atom is 0.267 e. The molecule has 3 rings (SSSR count). The van der Waals surface area contributed by atoms with Crippen LogP contribution in [0.15, 0.2) is 18.2 Å². The van der Waals surface area contributed by atoms with Crippen molar-refractivity contribution in [3.63, 3.8) is 0 Å². The number of hydrogen-bond acceptors (Lipinski definition) is 3. The number of H-pyrrole nitrogens is 1. The summed E-state index contributed by atoms with van der Waals surface area (Å²) in [7, 11) is 0. The third-order valence-electron chi connectivity index (χ3n) is 4.37. The lowest BCUT2D eigenvalue weighted by Gasteiger charge is -2.26. The molecule has 2 aromatic rings. The van der Waals surface area contributed by atoms with Crippen LogP contribution in [0.1, 0.15) is 28.0 Å². The summed E-state index contributed by atoms with van der Waals surface area (Å²) in [5.74, 6) is -0.0276. The Morgan fingerprint density at radius 1 is 1.26 bits per heavy atom. The van der Waals surface area contributed by atoms with E-state index in [9.17, 15) is 4.79 Å². The number of benzene rings is 1. The Morgan fingerprint density at radius 2 is 2.04 bits per heavy atom. The van der Waals surface area contributed by atoms with Crippen molar-refractivity contribution >= 4 is 16.8 Å². The summed E-state index contributed by atoms with van der Waals surface area (Å²) in [6.07, 6.45) is 0.962. The molecule has 0 aliphatic carbocycles. The van der Waals surface area contributed by atoms with Crippen molar-refractivity contribution in [2.75, 3.05) is 39.4 Å². The van der Waals surface area contributed by atoms with E-state index in [1.54, 1.807) is 0 Å². The Kier molecular flexibility index (Phi) is 4.98. The van der Waals surface area contributed by atoms with Gasteiger partial charge >= 0.3 is 0 Å². The van der Waals surface area contributed by atoms with Crippen LogP contribution in [0, 0.1) is 13.8 Å². The topological polar surface area (TPSA) is 57.4 Å². The summed E-state index contributed by atoms with van der Waals surface area (Å²) in [6, 6.07) is 6.17. The second-order valence-corrected chi connectivity index (χ2v) is 6.29. The minimum Gasteiger partial charge on any atom is -0.379 e. The van der Waals surface area contributed by atoms with Crippen LogP contribution in [0.25, 0.3) is 10.9 Å². The highest BCUT2D eigenvalue weighted by atomic mass is 16.5. The lowest BCUT2D eigenvalue weighted by molar-refractivity contribution is 0.0374. The summed E-state index contributed by atoms with van der Waals surface area (Å²) < 4.78 is 5.33. The number of aromatic nitrogens is 1. The van der Waals surface area contributed by atoms with E-state index in [2.05, 4.69) is 41.2 Å². The number of nitrogens with one attached hydrogen (secondary N) is 2. The smallest absolute Gasteiger partial charge is 0.267 e. The van der Waals surface area contributed by atoms with E-state index in [0.717, 1.165) is 50.2 Å². The molecule has 5 nitrogen and oxygen atoms in total. The molecule has 23 heavy (non-hydrogen) atoms. The zero-order valence-corrected chi connectivity index (χ0v) is 13.9. The first kappa shape index (κ1) is 16.0. The Hall–Kier alpha value is -1.85. The minimum atomic E-state index is -0.0276. The van der Waals surface area contributed by atoms with Crippen LogP contribution in [0.4, 0.5) is 0 Å². The molecule has 0 radical (unpaired) electrons. The predicted molar refractivity (Wildman–Crippen MR) is 92.0 cm³/mol. The Balaban J connectivity index is 1.53. The molecule has 1 aromatic heterocycles. The Morgan fingerprint density at radius 3 is 2.83 bits per heavy atom. The summed E-state index contributed by atoms with van der Waals surface area (Å²) in [5, 5.41) is 4.12. The Labute approximate surface area is 137 Å². The lowest BCUT2D eigenvalue weighted by atomic mass is 10.1. The van der Waals surface area contributed by atoms with E-state index in [0.29, 0.717) is 12.2 Å². The highest BCUT2D eigenvalue weighted by molar-refractivity contribution is 5.98. The van der Waals surface area contributed by atoms with Gasteiger partial charge in [0.05, 0.1) is 13.2 Å². The number of ether oxygens (including phenoxy) is 1. The van der Waals surface area contributed by atoms with Gasteiger partial charge in [0.2, 0.25) is 0 Å². The molecular weight excluding hydrogens is 290 g/mol. The van der Waals surface area contributed by atoms with Gasteiger partial charge in [-0.3, -0.25) is 9.69 Å². The molecule has 1 aliphatic heterocycles. The highest BCUT2D eigenvalue weighted by Gasteiger charge is 2.12. The van der Waals surface area contributed by atoms with Crippen molar-refractivity contribution in [1.29, 1.82) is 0 Å². The molecule has 1 fully saturated rings. The van der Waals surface area contributed by atoms with E-state index in [1.807, 2.05) is 6.07 Å². The third kappa shape index (κ3) is 3.92. The Bertz CT molecular complexity index is 687. The zero-order valence-electron chi connectivity index (χ0n) is 13.9. The fourth-order valence-electron chi connectivity index (χ4n) is 3.15. The standard InChI is InChI=1S/C18H25N3O2/c1-13-10-14(2)15-12-17(20-16(15)11-13)18(22)19-4-3-5-21-6-8-23-9-7-21/h10-12,20H,3-9H2,1-2H3,(H,19,22). The van der Waals surface area contributed by atoms with Crippen molar-refractivity contribution in [2.45, 2.75) is 20.3 Å². The van der Waals surface area contributed by atoms with E-state index >= 15 is 0 Å². The average Bonchev–Trinajstić information content (AvgIpc) is 2.97. The van der Waals surface area contributed by atoms with Gasteiger partial charge in [0.25, 0.3) is 5.91 Å². The number of morpholine rings is 1. The summed E-state index contributed by atoms with van der Waals surface area (Å²) in [6.45, 7) is 9.48. The fourth-order valence-corrected chi connectivity index (χ4v) is 3.15. The largest absolute Gasteiger partial charge is 0.379 e. The van der Waals surface area contributed by atoms with Crippen LogP contribution in [0.5, 0.6) is 0 Å². The summed E-state index contributed by atoms with van der Waals surface area (Å²) in [4.78, 5) is 17.9. The quantitative estimate of drug-likeness (QED) is 0.832. The fraction of sp³-hybridized carbons (Fsp3) is 0.500. The van der Waals surface area contributed by atoms with Crippen molar-refractivity contribution in [1.82, 2.24) is 15.2 Å². The zero-order chi connectivity index (χ0) is 16.2. The number of amides is 1. The van der Waals surface area contributed by atoms with Gasteiger partial charge in [0, 0.05) is 30.5 Å². The van der Waals surface area contributed by atoms with Crippen LogP contribution in [-0.4, -0.2) is 55.2 Å². The van der Waals surface area contributed by atoms with Gasteiger partial charge in [-0.1, -0.05) is 6.07 Å². The number of aromatic amines is 1. The van der Waals surface area contributed by atoms with Gasteiger partial charge in [-0.25, -0.2) is 0 Å². The van der Waals surface area contributed by atoms with E-state index in [1.165, 1.54) is 11.1 Å². The first-order valence-corrected chi connectivity index (χ1v) is 8.32. The van der Waals surface area contributed by atoms with Crippen molar-refractivity contribution in [3.05, 3.63) is 35.0 Å². The average molecular weight is 315 g/mol. The summed E-state index contributed by atoms with van der Waals surface area (Å²) >= 11 is 0. The number of hydrogen-bond donors (Lipinski definition) is 2. The van der Waals surface area contributed by atoms with Crippen molar-refractivity contribution < 1.29 is 9.53 Å². The highest BCUT2D eigenvalue weighted by Crippen LogP contribution is 2.21. The molecule has 0 spiro atoms. The molecule has 0 unspecified atom stereocenters. The van der Waals surface area contributed by atoms with Gasteiger partial charge in [-0.15, -0.1) is 0 Å². The number of rotatable bonds is 5. The molecular formula is C18H25N3O2. The van der Waals surface area contributed by atoms with Crippen molar-refractivity contribution in [3.8, 4) is 0 Å². The molecule has 1 saturated heterocycles. The van der Waals surface area contributed by atoms with Crippen molar-refractivity contribution in [2.24, 2.45) is 0 Å². The summed E-state index contributed by atoms with van der Waals surface area (Å²) in [5.41, 5.74) is 4.07. The number of aryl methyl sites for hydroxylation is 2.